The van der Waals surface area contributed by atoms with Crippen LogP contribution in [0.3, 0.4) is 0 Å². The number of nitrogens with zero attached hydrogens (tertiary/aromatic N) is 2. The van der Waals surface area contributed by atoms with Gasteiger partial charge in [-0.3, -0.25) is 9.59 Å². The summed E-state index contributed by atoms with van der Waals surface area (Å²) in [5, 5.41) is 3.26. The van der Waals surface area contributed by atoms with Crippen LogP contribution in [0.1, 0.15) is 42.6 Å². The monoisotopic (exact) mass is 331 g/mol. The van der Waals surface area contributed by atoms with Gasteiger partial charge in [0.2, 0.25) is 5.91 Å². The van der Waals surface area contributed by atoms with E-state index >= 15 is 0 Å². The van der Waals surface area contributed by atoms with Gasteiger partial charge in [0.1, 0.15) is 0 Å². The Morgan fingerprint density at radius 1 is 1.29 bits per heavy atom. The van der Waals surface area contributed by atoms with E-state index in [1.807, 2.05) is 57.1 Å². The van der Waals surface area contributed by atoms with Gasteiger partial charge in [-0.1, -0.05) is 26.0 Å². The van der Waals surface area contributed by atoms with Gasteiger partial charge < -0.3 is 15.1 Å². The van der Waals surface area contributed by atoms with E-state index in [1.165, 1.54) is 0 Å². The number of piperidine rings is 1. The molecule has 1 saturated heterocycles. The van der Waals surface area contributed by atoms with Crippen molar-refractivity contribution in [1.29, 1.82) is 0 Å². The number of likely N-dealkylation sites (tertiary alicyclic amines) is 1. The first-order valence-corrected chi connectivity index (χ1v) is 8.72. The summed E-state index contributed by atoms with van der Waals surface area (Å²) < 4.78 is 0. The second-order valence-corrected chi connectivity index (χ2v) is 6.92. The summed E-state index contributed by atoms with van der Waals surface area (Å²) in [6, 6.07) is 8.01. The summed E-state index contributed by atoms with van der Waals surface area (Å²) in [4.78, 5) is 28.2. The number of nitrogens with one attached hydrogen (secondary N) is 1. The number of amides is 2. The summed E-state index contributed by atoms with van der Waals surface area (Å²) in [6.07, 6.45) is 2.16. The fraction of sp³-hybridized carbons (Fsp3) is 0.579. The standard InChI is InChI=1S/C19H29N3O2/c1-14(2)18(23)21(4)12-15-7-9-16(10-8-15)19(24)22-11-5-6-17(13-22)20-3/h7-10,14,17,20H,5-6,11-13H2,1-4H3. The van der Waals surface area contributed by atoms with Crippen molar-refractivity contribution >= 4 is 11.8 Å². The molecule has 0 aliphatic carbocycles. The van der Waals surface area contributed by atoms with Crippen LogP contribution < -0.4 is 5.32 Å². The maximum absolute atomic E-state index is 12.6. The molecule has 1 fully saturated rings. The van der Waals surface area contributed by atoms with Crippen LogP contribution in [0.4, 0.5) is 0 Å². The molecule has 1 aromatic carbocycles. The second kappa shape index (κ2) is 8.29. The Morgan fingerprint density at radius 2 is 1.96 bits per heavy atom. The van der Waals surface area contributed by atoms with Crippen molar-refractivity contribution in [1.82, 2.24) is 15.1 Å². The third-order valence-electron chi connectivity index (χ3n) is 4.61. The molecular weight excluding hydrogens is 302 g/mol. The van der Waals surface area contributed by atoms with Crippen molar-refractivity contribution in [2.75, 3.05) is 27.2 Å². The third-order valence-corrected chi connectivity index (χ3v) is 4.61. The summed E-state index contributed by atoms with van der Waals surface area (Å²) in [7, 11) is 3.76. The van der Waals surface area contributed by atoms with Crippen molar-refractivity contribution in [2.24, 2.45) is 5.92 Å². The Balaban J connectivity index is 1.98. The average Bonchev–Trinajstić information content (AvgIpc) is 2.61. The van der Waals surface area contributed by atoms with E-state index in [4.69, 9.17) is 0 Å². The maximum atomic E-state index is 12.6. The number of rotatable bonds is 5. The highest BCUT2D eigenvalue weighted by Crippen LogP contribution is 2.15. The van der Waals surface area contributed by atoms with Crippen molar-refractivity contribution in [3.63, 3.8) is 0 Å². The summed E-state index contributed by atoms with van der Waals surface area (Å²) >= 11 is 0. The number of carbonyl (C=O) groups is 2. The smallest absolute Gasteiger partial charge is 0.253 e. The first-order chi connectivity index (χ1) is 11.4. The van der Waals surface area contributed by atoms with E-state index in [0.29, 0.717) is 18.2 Å². The molecule has 5 nitrogen and oxygen atoms in total. The molecular formula is C19H29N3O2. The van der Waals surface area contributed by atoms with E-state index in [-0.39, 0.29) is 17.7 Å². The fourth-order valence-corrected chi connectivity index (χ4v) is 3.13. The summed E-state index contributed by atoms with van der Waals surface area (Å²) in [6.45, 7) is 5.96. The summed E-state index contributed by atoms with van der Waals surface area (Å²) in [5.74, 6) is 0.213. The zero-order chi connectivity index (χ0) is 17.7. The second-order valence-electron chi connectivity index (χ2n) is 6.92. The lowest BCUT2D eigenvalue weighted by atomic mass is 10.0. The van der Waals surface area contributed by atoms with Crippen molar-refractivity contribution in [3.8, 4) is 0 Å². The van der Waals surface area contributed by atoms with Gasteiger partial charge in [-0.25, -0.2) is 0 Å². The molecule has 2 amide bonds. The minimum absolute atomic E-state index is 0.00456. The van der Waals surface area contributed by atoms with Crippen LogP contribution in [0, 0.1) is 5.92 Å². The van der Waals surface area contributed by atoms with Crippen LogP contribution >= 0.6 is 0 Å². The molecule has 132 valence electrons. The van der Waals surface area contributed by atoms with Crippen LogP contribution in [0.2, 0.25) is 0 Å². The Bertz CT molecular complexity index is 568. The maximum Gasteiger partial charge on any atom is 0.253 e. The highest BCUT2D eigenvalue weighted by atomic mass is 16.2. The quantitative estimate of drug-likeness (QED) is 0.899. The van der Waals surface area contributed by atoms with Crippen molar-refractivity contribution in [3.05, 3.63) is 35.4 Å². The minimum atomic E-state index is -0.00456. The van der Waals surface area contributed by atoms with Crippen LogP contribution in [0.5, 0.6) is 0 Å². The number of likely N-dealkylation sites (N-methyl/N-ethyl adjacent to an activating group) is 1. The molecule has 0 bridgehead atoms. The summed E-state index contributed by atoms with van der Waals surface area (Å²) in [5.41, 5.74) is 1.75. The van der Waals surface area contributed by atoms with E-state index in [0.717, 1.165) is 31.5 Å². The van der Waals surface area contributed by atoms with Gasteiger partial charge in [-0.15, -0.1) is 0 Å². The van der Waals surface area contributed by atoms with E-state index in [9.17, 15) is 9.59 Å². The lowest BCUT2D eigenvalue weighted by Crippen LogP contribution is -2.46. The van der Waals surface area contributed by atoms with E-state index in [2.05, 4.69) is 5.32 Å². The molecule has 1 heterocycles. The molecule has 1 atom stereocenters. The molecule has 0 spiro atoms. The molecule has 0 saturated carbocycles. The Hall–Kier alpha value is -1.88. The Morgan fingerprint density at radius 3 is 2.54 bits per heavy atom. The normalized spacial score (nSPS) is 17.9. The van der Waals surface area contributed by atoms with Crippen molar-refractivity contribution in [2.45, 2.75) is 39.3 Å². The Labute approximate surface area is 145 Å². The molecule has 1 aliphatic rings. The van der Waals surface area contributed by atoms with Crippen LogP contribution in [0.25, 0.3) is 0 Å². The predicted molar refractivity (Wildman–Crippen MR) is 95.7 cm³/mol. The van der Waals surface area contributed by atoms with Gasteiger partial charge in [0, 0.05) is 44.2 Å². The van der Waals surface area contributed by atoms with E-state index < -0.39 is 0 Å². The molecule has 5 heteroatoms. The fourth-order valence-electron chi connectivity index (χ4n) is 3.13. The van der Waals surface area contributed by atoms with Gasteiger partial charge >= 0.3 is 0 Å². The molecule has 1 N–H and O–H groups in total. The topological polar surface area (TPSA) is 52.7 Å². The molecule has 24 heavy (non-hydrogen) atoms. The first-order valence-electron chi connectivity index (χ1n) is 8.72. The number of hydrogen-bond donors (Lipinski definition) is 1. The number of hydrogen-bond acceptors (Lipinski definition) is 3. The van der Waals surface area contributed by atoms with Gasteiger partial charge in [-0.2, -0.15) is 0 Å². The first kappa shape index (κ1) is 18.5. The largest absolute Gasteiger partial charge is 0.341 e. The molecule has 1 aromatic rings. The molecule has 1 aliphatic heterocycles. The predicted octanol–water partition coefficient (Wildman–Crippen LogP) is 2.12. The van der Waals surface area contributed by atoms with Crippen molar-refractivity contribution < 1.29 is 9.59 Å². The van der Waals surface area contributed by atoms with Gasteiger partial charge in [-0.05, 0) is 37.6 Å². The molecule has 0 radical (unpaired) electrons. The number of benzene rings is 1. The third kappa shape index (κ3) is 4.57. The minimum Gasteiger partial charge on any atom is -0.341 e. The van der Waals surface area contributed by atoms with Crippen LogP contribution in [-0.4, -0.2) is 54.8 Å². The molecule has 2 rings (SSSR count). The lowest BCUT2D eigenvalue weighted by Gasteiger charge is -2.32. The molecule has 0 aromatic heterocycles. The van der Waals surface area contributed by atoms with Crippen LogP contribution in [-0.2, 0) is 11.3 Å². The number of carbonyl (C=O) groups excluding carboxylic acids is 2. The molecule has 1 unspecified atom stereocenters. The van der Waals surface area contributed by atoms with Gasteiger partial charge in [0.25, 0.3) is 5.91 Å². The zero-order valence-corrected chi connectivity index (χ0v) is 15.2. The zero-order valence-electron chi connectivity index (χ0n) is 15.2. The van der Waals surface area contributed by atoms with Gasteiger partial charge in [0.15, 0.2) is 0 Å². The Kier molecular flexibility index (Phi) is 6.37. The average molecular weight is 331 g/mol. The van der Waals surface area contributed by atoms with E-state index in [1.54, 1.807) is 4.90 Å². The van der Waals surface area contributed by atoms with Crippen LogP contribution in [0.15, 0.2) is 24.3 Å². The highest BCUT2D eigenvalue weighted by molar-refractivity contribution is 5.94. The lowest BCUT2D eigenvalue weighted by molar-refractivity contribution is -0.133. The SMILES string of the molecule is CNC1CCCN(C(=O)c2ccc(CN(C)C(=O)C(C)C)cc2)C1. The highest BCUT2D eigenvalue weighted by Gasteiger charge is 2.23. The van der Waals surface area contributed by atoms with Gasteiger partial charge in [0.05, 0.1) is 0 Å².